The second-order valence-corrected chi connectivity index (χ2v) is 7.40. The van der Waals surface area contributed by atoms with E-state index in [-0.39, 0.29) is 17.8 Å². The van der Waals surface area contributed by atoms with E-state index in [1.165, 1.54) is 17.7 Å². The van der Waals surface area contributed by atoms with E-state index in [1.807, 2.05) is 11.7 Å². The fourth-order valence-electron chi connectivity index (χ4n) is 2.95. The van der Waals surface area contributed by atoms with Crippen molar-refractivity contribution in [3.05, 3.63) is 17.5 Å². The van der Waals surface area contributed by atoms with Gasteiger partial charge in [0.2, 0.25) is 0 Å². The Labute approximate surface area is 129 Å². The SMILES string of the molecule is Cl.Cn1cc(CN2CCC(C)(CN)C2)c(C(C)(C)C)n1. The molecule has 0 saturated carbocycles. The third-order valence-corrected chi connectivity index (χ3v) is 4.14. The number of halogens is 1. The standard InChI is InChI=1S/C15H28N4.ClH/c1-14(2,3)13-12(8-18(5)17-13)9-19-7-6-15(4,10-16)11-19;/h8H,6-7,9-11,16H2,1-5H3;1H. The first-order chi connectivity index (χ1) is 8.73. The van der Waals surface area contributed by atoms with Crippen LogP contribution < -0.4 is 5.73 Å². The zero-order chi connectivity index (χ0) is 14.3. The number of likely N-dealkylation sites (tertiary alicyclic amines) is 1. The number of hydrogen-bond acceptors (Lipinski definition) is 3. The molecule has 1 saturated heterocycles. The quantitative estimate of drug-likeness (QED) is 0.932. The van der Waals surface area contributed by atoms with Crippen LogP contribution in [0.2, 0.25) is 0 Å². The Morgan fingerprint density at radius 3 is 2.55 bits per heavy atom. The van der Waals surface area contributed by atoms with Gasteiger partial charge in [0.25, 0.3) is 0 Å². The van der Waals surface area contributed by atoms with E-state index in [0.717, 1.165) is 26.2 Å². The van der Waals surface area contributed by atoms with Crippen LogP contribution in [0, 0.1) is 5.41 Å². The summed E-state index contributed by atoms with van der Waals surface area (Å²) in [6.07, 6.45) is 3.37. The molecule has 1 aliphatic heterocycles. The zero-order valence-electron chi connectivity index (χ0n) is 13.4. The van der Waals surface area contributed by atoms with Gasteiger partial charge in [-0.2, -0.15) is 5.10 Å². The van der Waals surface area contributed by atoms with Crippen LogP contribution in [0.5, 0.6) is 0 Å². The van der Waals surface area contributed by atoms with E-state index in [4.69, 9.17) is 5.73 Å². The number of rotatable bonds is 3. The molecule has 0 radical (unpaired) electrons. The van der Waals surface area contributed by atoms with Gasteiger partial charge in [-0.1, -0.05) is 27.7 Å². The average Bonchev–Trinajstić information content (AvgIpc) is 2.83. The molecule has 0 aliphatic carbocycles. The minimum Gasteiger partial charge on any atom is -0.330 e. The van der Waals surface area contributed by atoms with E-state index in [0.29, 0.717) is 5.41 Å². The molecule has 1 unspecified atom stereocenters. The Balaban J connectivity index is 0.00000200. The molecule has 0 bridgehead atoms. The Morgan fingerprint density at radius 1 is 1.40 bits per heavy atom. The second kappa shape index (κ2) is 6.04. The van der Waals surface area contributed by atoms with Crippen molar-refractivity contribution in [1.29, 1.82) is 0 Å². The summed E-state index contributed by atoms with van der Waals surface area (Å²) in [6.45, 7) is 13.0. The van der Waals surface area contributed by atoms with Crippen molar-refractivity contribution < 1.29 is 0 Å². The molecule has 1 aromatic heterocycles. The van der Waals surface area contributed by atoms with E-state index >= 15 is 0 Å². The minimum atomic E-state index is 0. The van der Waals surface area contributed by atoms with E-state index in [2.05, 4.69) is 43.9 Å². The van der Waals surface area contributed by atoms with Crippen LogP contribution in [-0.4, -0.2) is 34.3 Å². The summed E-state index contributed by atoms with van der Waals surface area (Å²) in [7, 11) is 2.01. The van der Waals surface area contributed by atoms with Crippen molar-refractivity contribution in [3.8, 4) is 0 Å². The summed E-state index contributed by atoms with van der Waals surface area (Å²) in [5.41, 5.74) is 8.86. The van der Waals surface area contributed by atoms with Crippen LogP contribution in [0.15, 0.2) is 6.20 Å². The van der Waals surface area contributed by atoms with E-state index in [9.17, 15) is 0 Å². The first kappa shape index (κ1) is 17.5. The highest BCUT2D eigenvalue weighted by molar-refractivity contribution is 5.85. The maximum atomic E-state index is 5.88. The van der Waals surface area contributed by atoms with Gasteiger partial charge in [-0.25, -0.2) is 0 Å². The number of aryl methyl sites for hydroxylation is 1. The van der Waals surface area contributed by atoms with Gasteiger partial charge in [0.15, 0.2) is 0 Å². The van der Waals surface area contributed by atoms with Crippen LogP contribution in [0.4, 0.5) is 0 Å². The summed E-state index contributed by atoms with van der Waals surface area (Å²) in [5, 5.41) is 4.65. The van der Waals surface area contributed by atoms with Gasteiger partial charge in [0.1, 0.15) is 0 Å². The van der Waals surface area contributed by atoms with Crippen molar-refractivity contribution in [2.45, 2.75) is 46.1 Å². The fourth-order valence-corrected chi connectivity index (χ4v) is 2.95. The normalized spacial score (nSPS) is 23.9. The maximum Gasteiger partial charge on any atom is 0.0722 e. The highest BCUT2D eigenvalue weighted by Gasteiger charge is 2.33. The number of hydrogen-bond donors (Lipinski definition) is 1. The molecular weight excluding hydrogens is 272 g/mol. The third-order valence-electron chi connectivity index (χ3n) is 4.14. The largest absolute Gasteiger partial charge is 0.330 e. The molecule has 1 fully saturated rings. The van der Waals surface area contributed by atoms with Crippen LogP contribution >= 0.6 is 12.4 Å². The number of nitrogens with zero attached hydrogens (tertiary/aromatic N) is 3. The van der Waals surface area contributed by atoms with Gasteiger partial charge in [-0.3, -0.25) is 9.58 Å². The van der Waals surface area contributed by atoms with Crippen molar-refractivity contribution in [3.63, 3.8) is 0 Å². The molecule has 5 heteroatoms. The molecule has 4 nitrogen and oxygen atoms in total. The Bertz CT molecular complexity index is 449. The lowest BCUT2D eigenvalue weighted by atomic mass is 9.89. The highest BCUT2D eigenvalue weighted by Crippen LogP contribution is 2.31. The van der Waals surface area contributed by atoms with Gasteiger partial charge < -0.3 is 5.73 Å². The third kappa shape index (κ3) is 3.74. The first-order valence-electron chi connectivity index (χ1n) is 7.19. The molecule has 2 heterocycles. The van der Waals surface area contributed by atoms with Gasteiger partial charge >= 0.3 is 0 Å². The second-order valence-electron chi connectivity index (χ2n) is 7.40. The van der Waals surface area contributed by atoms with Crippen molar-refractivity contribution in [2.24, 2.45) is 18.2 Å². The van der Waals surface area contributed by atoms with Crippen LogP contribution in [-0.2, 0) is 19.0 Å². The summed E-state index contributed by atoms with van der Waals surface area (Å²) in [5.74, 6) is 0. The van der Waals surface area contributed by atoms with Gasteiger partial charge in [0.05, 0.1) is 5.69 Å². The molecule has 0 spiro atoms. The smallest absolute Gasteiger partial charge is 0.0722 e. The molecule has 2 N–H and O–H groups in total. The summed E-state index contributed by atoms with van der Waals surface area (Å²) in [4.78, 5) is 2.51. The van der Waals surface area contributed by atoms with Gasteiger partial charge in [-0.05, 0) is 24.9 Å². The van der Waals surface area contributed by atoms with Gasteiger partial charge in [-0.15, -0.1) is 12.4 Å². The molecule has 0 aromatic carbocycles. The van der Waals surface area contributed by atoms with Crippen molar-refractivity contribution in [2.75, 3.05) is 19.6 Å². The molecule has 116 valence electrons. The molecule has 2 rings (SSSR count). The summed E-state index contributed by atoms with van der Waals surface area (Å²) in [6, 6.07) is 0. The maximum absolute atomic E-state index is 5.88. The summed E-state index contributed by atoms with van der Waals surface area (Å²) < 4.78 is 1.94. The topological polar surface area (TPSA) is 47.1 Å². The van der Waals surface area contributed by atoms with Crippen molar-refractivity contribution in [1.82, 2.24) is 14.7 Å². The molecule has 1 atom stereocenters. The Morgan fingerprint density at radius 2 is 2.05 bits per heavy atom. The monoisotopic (exact) mass is 300 g/mol. The highest BCUT2D eigenvalue weighted by atomic mass is 35.5. The predicted octanol–water partition coefficient (Wildman–Crippen LogP) is 2.31. The molecular formula is C15H29ClN4. The Hall–Kier alpha value is -0.580. The fraction of sp³-hybridized carbons (Fsp3) is 0.800. The number of aromatic nitrogens is 2. The van der Waals surface area contributed by atoms with Crippen molar-refractivity contribution >= 4 is 12.4 Å². The van der Waals surface area contributed by atoms with E-state index < -0.39 is 0 Å². The lowest BCUT2D eigenvalue weighted by Gasteiger charge is -2.24. The van der Waals surface area contributed by atoms with Crippen LogP contribution in [0.25, 0.3) is 0 Å². The molecule has 1 aliphatic rings. The predicted molar refractivity (Wildman–Crippen MR) is 86.2 cm³/mol. The zero-order valence-corrected chi connectivity index (χ0v) is 14.3. The molecule has 0 amide bonds. The van der Waals surface area contributed by atoms with Gasteiger partial charge in [0, 0.05) is 37.3 Å². The Kier molecular flexibility index (Phi) is 5.28. The minimum absolute atomic E-state index is 0. The average molecular weight is 301 g/mol. The van der Waals surface area contributed by atoms with Crippen LogP contribution in [0.1, 0.15) is 45.4 Å². The van der Waals surface area contributed by atoms with E-state index in [1.54, 1.807) is 0 Å². The number of nitrogens with two attached hydrogens (primary N) is 1. The lowest BCUT2D eigenvalue weighted by molar-refractivity contribution is 0.273. The van der Waals surface area contributed by atoms with Crippen LogP contribution in [0.3, 0.4) is 0 Å². The molecule has 20 heavy (non-hydrogen) atoms. The first-order valence-corrected chi connectivity index (χ1v) is 7.19. The lowest BCUT2D eigenvalue weighted by Crippen LogP contribution is -2.31. The summed E-state index contributed by atoms with van der Waals surface area (Å²) >= 11 is 0. The molecule has 1 aromatic rings.